The molecule has 94 valence electrons. The van der Waals surface area contributed by atoms with Gasteiger partial charge in [-0.15, -0.1) is 0 Å². The summed E-state index contributed by atoms with van der Waals surface area (Å²) in [5.74, 6) is 1.50. The molecule has 0 bridgehead atoms. The number of carbonyl (C=O) groups is 1. The van der Waals surface area contributed by atoms with Gasteiger partial charge in [0.1, 0.15) is 11.5 Å². The molecule has 1 heterocycles. The van der Waals surface area contributed by atoms with Gasteiger partial charge in [-0.1, -0.05) is 18.2 Å². The molecule has 0 aliphatic carbocycles. The average Bonchev–Trinajstić information content (AvgIpc) is 2.74. The standard InChI is InChI=1S/C16H13NO2/c1-11-15(10-18)14-9-13(7-8-16(14)17-11)19-12-5-3-2-4-6-12/h2-10,17H,1H3. The van der Waals surface area contributed by atoms with Crippen molar-refractivity contribution in [2.75, 3.05) is 0 Å². The maximum absolute atomic E-state index is 11.1. The maximum Gasteiger partial charge on any atom is 0.152 e. The lowest BCUT2D eigenvalue weighted by molar-refractivity contribution is 0.112. The molecule has 3 heteroatoms. The monoisotopic (exact) mass is 251 g/mol. The van der Waals surface area contributed by atoms with Gasteiger partial charge < -0.3 is 9.72 Å². The summed E-state index contributed by atoms with van der Waals surface area (Å²) in [5, 5.41) is 0.890. The summed E-state index contributed by atoms with van der Waals surface area (Å²) in [7, 11) is 0. The van der Waals surface area contributed by atoms with E-state index in [0.29, 0.717) is 5.56 Å². The first kappa shape index (κ1) is 11.5. The molecule has 0 saturated carbocycles. The Morgan fingerprint density at radius 3 is 2.58 bits per heavy atom. The molecule has 3 aromatic rings. The average molecular weight is 251 g/mol. The van der Waals surface area contributed by atoms with E-state index in [0.717, 1.165) is 34.4 Å². The Bertz CT molecular complexity index is 729. The third kappa shape index (κ3) is 2.10. The lowest BCUT2D eigenvalue weighted by Crippen LogP contribution is -1.84. The normalized spacial score (nSPS) is 10.6. The predicted molar refractivity (Wildman–Crippen MR) is 74.9 cm³/mol. The van der Waals surface area contributed by atoms with E-state index in [1.54, 1.807) is 0 Å². The first-order valence-corrected chi connectivity index (χ1v) is 6.08. The molecule has 0 amide bonds. The Balaban J connectivity index is 2.04. The zero-order valence-corrected chi connectivity index (χ0v) is 10.5. The number of benzene rings is 2. The molecule has 0 radical (unpaired) electrons. The highest BCUT2D eigenvalue weighted by atomic mass is 16.5. The smallest absolute Gasteiger partial charge is 0.152 e. The van der Waals surface area contributed by atoms with Gasteiger partial charge in [0.2, 0.25) is 0 Å². The van der Waals surface area contributed by atoms with E-state index < -0.39 is 0 Å². The summed E-state index contributed by atoms with van der Waals surface area (Å²) in [6.07, 6.45) is 0.875. The number of nitrogens with one attached hydrogen (secondary N) is 1. The summed E-state index contributed by atoms with van der Waals surface area (Å²) in [6.45, 7) is 1.89. The van der Waals surface area contributed by atoms with Crippen LogP contribution in [0.25, 0.3) is 10.9 Å². The number of rotatable bonds is 3. The number of hydrogen-bond donors (Lipinski definition) is 1. The number of hydrogen-bond acceptors (Lipinski definition) is 2. The fourth-order valence-electron chi connectivity index (χ4n) is 2.17. The van der Waals surface area contributed by atoms with Crippen LogP contribution in [0.4, 0.5) is 0 Å². The first-order chi connectivity index (χ1) is 9.28. The minimum atomic E-state index is 0.688. The third-order valence-electron chi connectivity index (χ3n) is 3.10. The van der Waals surface area contributed by atoms with E-state index in [4.69, 9.17) is 4.74 Å². The summed E-state index contributed by atoms with van der Waals surface area (Å²) < 4.78 is 5.77. The van der Waals surface area contributed by atoms with E-state index in [9.17, 15) is 4.79 Å². The number of aryl methyl sites for hydroxylation is 1. The molecule has 0 aliphatic rings. The largest absolute Gasteiger partial charge is 0.457 e. The molecule has 2 aromatic carbocycles. The van der Waals surface area contributed by atoms with E-state index in [2.05, 4.69) is 4.98 Å². The molecule has 0 atom stereocenters. The zero-order chi connectivity index (χ0) is 13.2. The van der Waals surface area contributed by atoms with Crippen LogP contribution < -0.4 is 4.74 Å². The predicted octanol–water partition coefficient (Wildman–Crippen LogP) is 4.08. The van der Waals surface area contributed by atoms with Gasteiger partial charge in [0.05, 0.1) is 0 Å². The van der Waals surface area contributed by atoms with Crippen LogP contribution in [0.2, 0.25) is 0 Å². The number of ether oxygens (including phenoxy) is 1. The topological polar surface area (TPSA) is 42.1 Å². The van der Waals surface area contributed by atoms with Gasteiger partial charge in [0.25, 0.3) is 0 Å². The Kier molecular flexibility index (Phi) is 2.80. The number of para-hydroxylation sites is 1. The van der Waals surface area contributed by atoms with Crippen molar-refractivity contribution in [3.05, 3.63) is 59.8 Å². The van der Waals surface area contributed by atoms with Crippen molar-refractivity contribution in [1.29, 1.82) is 0 Å². The molecule has 0 spiro atoms. The molecule has 1 N–H and O–H groups in total. The van der Waals surface area contributed by atoms with Gasteiger partial charge in [0.15, 0.2) is 6.29 Å². The van der Waals surface area contributed by atoms with E-state index in [1.807, 2.05) is 55.5 Å². The number of aldehydes is 1. The third-order valence-corrected chi connectivity index (χ3v) is 3.10. The molecule has 3 nitrogen and oxygen atoms in total. The lowest BCUT2D eigenvalue weighted by atomic mass is 10.1. The summed E-state index contributed by atoms with van der Waals surface area (Å²) >= 11 is 0. The molecular formula is C16H13NO2. The van der Waals surface area contributed by atoms with Crippen molar-refractivity contribution in [3.63, 3.8) is 0 Å². The fourth-order valence-corrected chi connectivity index (χ4v) is 2.17. The SMILES string of the molecule is Cc1[nH]c2ccc(Oc3ccccc3)cc2c1C=O. The van der Waals surface area contributed by atoms with Crippen molar-refractivity contribution in [1.82, 2.24) is 4.98 Å². The van der Waals surface area contributed by atoms with E-state index in [-0.39, 0.29) is 0 Å². The minimum Gasteiger partial charge on any atom is -0.457 e. The van der Waals surface area contributed by atoms with Crippen LogP contribution >= 0.6 is 0 Å². The van der Waals surface area contributed by atoms with Gasteiger partial charge in [-0.25, -0.2) is 0 Å². The van der Waals surface area contributed by atoms with Crippen LogP contribution in [-0.2, 0) is 0 Å². The van der Waals surface area contributed by atoms with E-state index in [1.165, 1.54) is 0 Å². The number of aromatic nitrogens is 1. The highest BCUT2D eigenvalue weighted by Crippen LogP contribution is 2.28. The molecule has 0 aliphatic heterocycles. The van der Waals surface area contributed by atoms with Crippen LogP contribution in [0.1, 0.15) is 16.1 Å². The first-order valence-electron chi connectivity index (χ1n) is 6.08. The van der Waals surface area contributed by atoms with Crippen molar-refractivity contribution in [2.24, 2.45) is 0 Å². The number of H-pyrrole nitrogens is 1. The van der Waals surface area contributed by atoms with Crippen LogP contribution in [0.5, 0.6) is 11.5 Å². The highest BCUT2D eigenvalue weighted by Gasteiger charge is 2.08. The maximum atomic E-state index is 11.1. The number of carbonyl (C=O) groups excluding carboxylic acids is 1. The molecular weight excluding hydrogens is 238 g/mol. The van der Waals surface area contributed by atoms with Crippen molar-refractivity contribution in [3.8, 4) is 11.5 Å². The van der Waals surface area contributed by atoms with Crippen molar-refractivity contribution >= 4 is 17.2 Å². The molecule has 3 rings (SSSR count). The summed E-state index contributed by atoms with van der Waals surface area (Å²) in [5.41, 5.74) is 2.51. The van der Waals surface area contributed by atoms with Crippen molar-refractivity contribution < 1.29 is 9.53 Å². The summed E-state index contributed by atoms with van der Waals surface area (Å²) in [6, 6.07) is 15.3. The second-order valence-electron chi connectivity index (χ2n) is 4.40. The molecule has 0 saturated heterocycles. The van der Waals surface area contributed by atoms with Crippen LogP contribution in [0, 0.1) is 6.92 Å². The van der Waals surface area contributed by atoms with Crippen molar-refractivity contribution in [2.45, 2.75) is 6.92 Å². The lowest BCUT2D eigenvalue weighted by Gasteiger charge is -2.05. The molecule has 19 heavy (non-hydrogen) atoms. The molecule has 0 unspecified atom stereocenters. The Hall–Kier alpha value is -2.55. The molecule has 1 aromatic heterocycles. The summed E-state index contributed by atoms with van der Waals surface area (Å²) in [4.78, 5) is 14.3. The number of aromatic amines is 1. The van der Waals surface area contributed by atoms with Gasteiger partial charge >= 0.3 is 0 Å². The Morgan fingerprint density at radius 2 is 1.84 bits per heavy atom. The van der Waals surface area contributed by atoms with Crippen LogP contribution in [0.15, 0.2) is 48.5 Å². The quantitative estimate of drug-likeness (QED) is 0.712. The van der Waals surface area contributed by atoms with E-state index >= 15 is 0 Å². The van der Waals surface area contributed by atoms with Gasteiger partial charge in [-0.05, 0) is 37.3 Å². The number of fused-ring (bicyclic) bond motifs is 1. The minimum absolute atomic E-state index is 0.688. The molecule has 0 fully saturated rings. The van der Waals surface area contributed by atoms with Crippen LogP contribution in [0.3, 0.4) is 0 Å². The Morgan fingerprint density at radius 1 is 1.05 bits per heavy atom. The zero-order valence-electron chi connectivity index (χ0n) is 10.5. The van der Waals surface area contributed by atoms with Gasteiger partial charge in [0, 0.05) is 22.2 Å². The van der Waals surface area contributed by atoms with Gasteiger partial charge in [-0.3, -0.25) is 4.79 Å². The second-order valence-corrected chi connectivity index (χ2v) is 4.40. The van der Waals surface area contributed by atoms with Gasteiger partial charge in [-0.2, -0.15) is 0 Å². The fraction of sp³-hybridized carbons (Fsp3) is 0.0625. The van der Waals surface area contributed by atoms with Crippen LogP contribution in [-0.4, -0.2) is 11.3 Å². The highest BCUT2D eigenvalue weighted by molar-refractivity contribution is 5.99. The second kappa shape index (κ2) is 4.61. The Labute approximate surface area is 110 Å².